The van der Waals surface area contributed by atoms with Gasteiger partial charge in [0, 0.05) is 18.2 Å². The molecule has 2 unspecified atom stereocenters. The molecule has 0 saturated carbocycles. The normalized spacial score (nSPS) is 15.2. The van der Waals surface area contributed by atoms with Gasteiger partial charge in [0.05, 0.1) is 22.2 Å². The van der Waals surface area contributed by atoms with Gasteiger partial charge >= 0.3 is 0 Å². The van der Waals surface area contributed by atoms with Gasteiger partial charge < -0.3 is 0 Å². The number of unbranched alkanes of at least 4 members (excludes halogenated alkanes) is 1. The van der Waals surface area contributed by atoms with Crippen molar-refractivity contribution in [3.63, 3.8) is 0 Å². The van der Waals surface area contributed by atoms with Gasteiger partial charge in [0.2, 0.25) is 0 Å². The van der Waals surface area contributed by atoms with Crippen LogP contribution in [0.15, 0.2) is 42.5 Å². The SMILES string of the molecule is CCCCC(NC(CC)c1ccccc1C)N1C(=O)c2ccc([N+](=O)[O-])cc2C1=O. The number of hydrogen-bond acceptors (Lipinski definition) is 5. The molecule has 2 atom stereocenters. The van der Waals surface area contributed by atoms with E-state index in [1.54, 1.807) is 0 Å². The predicted molar refractivity (Wildman–Crippen MR) is 114 cm³/mol. The molecule has 0 spiro atoms. The molecular weight excluding hydrogens is 382 g/mol. The Morgan fingerprint density at radius 3 is 2.40 bits per heavy atom. The second-order valence-electron chi connectivity index (χ2n) is 7.61. The monoisotopic (exact) mass is 409 g/mol. The fraction of sp³-hybridized carbons (Fsp3) is 0.391. The fourth-order valence-electron chi connectivity index (χ4n) is 3.97. The van der Waals surface area contributed by atoms with E-state index in [-0.39, 0.29) is 22.9 Å². The first-order valence-electron chi connectivity index (χ1n) is 10.4. The zero-order chi connectivity index (χ0) is 21.8. The third-order valence-corrected chi connectivity index (χ3v) is 5.62. The van der Waals surface area contributed by atoms with Crippen molar-refractivity contribution in [2.45, 2.75) is 58.7 Å². The Labute approximate surface area is 176 Å². The van der Waals surface area contributed by atoms with E-state index in [0.717, 1.165) is 30.4 Å². The van der Waals surface area contributed by atoms with Gasteiger partial charge in [0.1, 0.15) is 0 Å². The number of rotatable bonds is 9. The van der Waals surface area contributed by atoms with Crippen LogP contribution in [0.3, 0.4) is 0 Å². The van der Waals surface area contributed by atoms with Crippen LogP contribution < -0.4 is 5.32 Å². The van der Waals surface area contributed by atoms with Crippen LogP contribution >= 0.6 is 0 Å². The van der Waals surface area contributed by atoms with Crippen molar-refractivity contribution >= 4 is 17.5 Å². The molecule has 2 amide bonds. The molecule has 0 radical (unpaired) electrons. The molecule has 0 saturated heterocycles. The zero-order valence-electron chi connectivity index (χ0n) is 17.6. The summed E-state index contributed by atoms with van der Waals surface area (Å²) in [4.78, 5) is 38.0. The molecule has 2 aromatic rings. The number of carbonyl (C=O) groups is 2. The minimum Gasteiger partial charge on any atom is -0.290 e. The number of amides is 2. The van der Waals surface area contributed by atoms with Gasteiger partial charge in [0.25, 0.3) is 17.5 Å². The minimum atomic E-state index is -0.557. The number of fused-ring (bicyclic) bond motifs is 1. The first-order chi connectivity index (χ1) is 14.4. The number of aryl methyl sites for hydroxylation is 1. The standard InChI is InChI=1S/C23H27N3O4/c1-4-6-11-21(24-20(5-2)17-10-8-7-9-15(17)3)25-22(27)18-13-12-16(26(29)30)14-19(18)23(25)28/h7-10,12-14,20-21,24H,4-6,11H2,1-3H3. The van der Waals surface area contributed by atoms with Crippen molar-refractivity contribution < 1.29 is 14.5 Å². The summed E-state index contributed by atoms with van der Waals surface area (Å²) >= 11 is 0. The van der Waals surface area contributed by atoms with E-state index in [1.165, 1.54) is 23.1 Å². The van der Waals surface area contributed by atoms with E-state index in [9.17, 15) is 19.7 Å². The molecule has 158 valence electrons. The quantitative estimate of drug-likeness (QED) is 0.366. The maximum Gasteiger partial charge on any atom is 0.270 e. The molecule has 1 heterocycles. The van der Waals surface area contributed by atoms with Crippen molar-refractivity contribution in [1.82, 2.24) is 10.2 Å². The fourth-order valence-corrected chi connectivity index (χ4v) is 3.97. The molecule has 0 aromatic heterocycles. The Bertz CT molecular complexity index is 973. The number of nitro groups is 1. The Kier molecular flexibility index (Phi) is 6.62. The average Bonchev–Trinajstić information content (AvgIpc) is 2.99. The van der Waals surface area contributed by atoms with Crippen LogP contribution in [0.5, 0.6) is 0 Å². The van der Waals surface area contributed by atoms with Gasteiger partial charge in [0.15, 0.2) is 0 Å². The smallest absolute Gasteiger partial charge is 0.270 e. The van der Waals surface area contributed by atoms with E-state index < -0.39 is 22.9 Å². The summed E-state index contributed by atoms with van der Waals surface area (Å²) in [6.07, 6.45) is 2.69. The zero-order valence-corrected chi connectivity index (χ0v) is 17.6. The summed E-state index contributed by atoms with van der Waals surface area (Å²) in [5, 5.41) is 14.6. The summed E-state index contributed by atoms with van der Waals surface area (Å²) in [5.41, 5.74) is 2.40. The number of nitrogens with zero attached hydrogens (tertiary/aromatic N) is 2. The van der Waals surface area contributed by atoms with Crippen molar-refractivity contribution in [3.8, 4) is 0 Å². The highest BCUT2D eigenvalue weighted by molar-refractivity contribution is 6.21. The average molecular weight is 409 g/mol. The summed E-state index contributed by atoms with van der Waals surface area (Å²) in [5.74, 6) is -0.884. The van der Waals surface area contributed by atoms with Crippen LogP contribution in [0, 0.1) is 17.0 Å². The molecule has 7 heteroatoms. The molecule has 1 aliphatic rings. The molecule has 7 nitrogen and oxygen atoms in total. The number of imide groups is 1. The molecule has 0 bridgehead atoms. The van der Waals surface area contributed by atoms with Crippen LogP contribution in [-0.4, -0.2) is 27.8 Å². The van der Waals surface area contributed by atoms with E-state index in [2.05, 4.69) is 25.2 Å². The molecule has 3 rings (SSSR count). The summed E-state index contributed by atoms with van der Waals surface area (Å²) < 4.78 is 0. The van der Waals surface area contributed by atoms with Crippen LogP contribution in [0.4, 0.5) is 5.69 Å². The molecule has 0 aliphatic carbocycles. The van der Waals surface area contributed by atoms with Gasteiger partial charge in [-0.25, -0.2) is 0 Å². The maximum atomic E-state index is 13.1. The lowest BCUT2D eigenvalue weighted by Crippen LogP contribution is -2.49. The molecular formula is C23H27N3O4. The molecule has 1 aliphatic heterocycles. The predicted octanol–water partition coefficient (Wildman–Crippen LogP) is 4.76. The summed E-state index contributed by atoms with van der Waals surface area (Å²) in [6.45, 7) is 6.16. The number of benzene rings is 2. The number of non-ortho nitro benzene ring substituents is 1. The van der Waals surface area contributed by atoms with Gasteiger partial charge in [-0.05, 0) is 37.0 Å². The summed E-state index contributed by atoms with van der Waals surface area (Å²) in [6, 6.07) is 11.9. The van der Waals surface area contributed by atoms with Crippen molar-refractivity contribution in [2.75, 3.05) is 0 Å². The van der Waals surface area contributed by atoms with Gasteiger partial charge in [-0.1, -0.05) is 51.0 Å². The maximum absolute atomic E-state index is 13.1. The first kappa shape index (κ1) is 21.6. The number of carbonyl (C=O) groups excluding carboxylic acids is 2. The second-order valence-corrected chi connectivity index (χ2v) is 7.61. The molecule has 30 heavy (non-hydrogen) atoms. The van der Waals surface area contributed by atoms with E-state index in [4.69, 9.17) is 0 Å². The lowest BCUT2D eigenvalue weighted by Gasteiger charge is -2.32. The Morgan fingerprint density at radius 2 is 1.77 bits per heavy atom. The molecule has 2 aromatic carbocycles. The number of nitrogens with one attached hydrogen (secondary N) is 1. The number of nitro benzene ring substituents is 1. The summed E-state index contributed by atoms with van der Waals surface area (Å²) in [7, 11) is 0. The Balaban J connectivity index is 1.93. The van der Waals surface area contributed by atoms with Crippen LogP contribution in [0.1, 0.15) is 77.4 Å². The lowest BCUT2D eigenvalue weighted by atomic mass is 9.98. The van der Waals surface area contributed by atoms with Crippen LogP contribution in [0.25, 0.3) is 0 Å². The third-order valence-electron chi connectivity index (χ3n) is 5.62. The van der Waals surface area contributed by atoms with E-state index in [1.807, 2.05) is 25.1 Å². The van der Waals surface area contributed by atoms with E-state index in [0.29, 0.717) is 6.42 Å². The Morgan fingerprint density at radius 1 is 1.07 bits per heavy atom. The number of hydrogen-bond donors (Lipinski definition) is 1. The molecule has 0 fully saturated rings. The van der Waals surface area contributed by atoms with Crippen molar-refractivity contribution in [3.05, 3.63) is 74.8 Å². The lowest BCUT2D eigenvalue weighted by molar-refractivity contribution is -0.384. The van der Waals surface area contributed by atoms with Crippen LogP contribution in [-0.2, 0) is 0 Å². The first-order valence-corrected chi connectivity index (χ1v) is 10.4. The highest BCUT2D eigenvalue weighted by Gasteiger charge is 2.41. The topological polar surface area (TPSA) is 92.6 Å². The van der Waals surface area contributed by atoms with Crippen molar-refractivity contribution in [1.29, 1.82) is 0 Å². The van der Waals surface area contributed by atoms with Gasteiger partial charge in [-0.15, -0.1) is 0 Å². The second kappa shape index (κ2) is 9.17. The minimum absolute atomic E-state index is 0.0216. The van der Waals surface area contributed by atoms with E-state index >= 15 is 0 Å². The van der Waals surface area contributed by atoms with Gasteiger partial charge in [-0.2, -0.15) is 0 Å². The highest BCUT2D eigenvalue weighted by Crippen LogP contribution is 2.30. The van der Waals surface area contributed by atoms with Gasteiger partial charge in [-0.3, -0.25) is 29.9 Å². The largest absolute Gasteiger partial charge is 0.290 e. The molecule has 1 N–H and O–H groups in total. The highest BCUT2D eigenvalue weighted by atomic mass is 16.6. The Hall–Kier alpha value is -3.06. The van der Waals surface area contributed by atoms with Crippen LogP contribution in [0.2, 0.25) is 0 Å². The van der Waals surface area contributed by atoms with Crippen molar-refractivity contribution in [2.24, 2.45) is 0 Å². The third kappa shape index (κ3) is 4.11.